The molecule has 2 aromatic rings. The molecule has 0 heterocycles. The number of anilines is 1. The highest BCUT2D eigenvalue weighted by molar-refractivity contribution is 6.31. The highest BCUT2D eigenvalue weighted by Crippen LogP contribution is 2.29. The molecule has 0 spiro atoms. The van der Waals surface area contributed by atoms with Crippen LogP contribution in [0.2, 0.25) is 5.02 Å². The van der Waals surface area contributed by atoms with Crippen LogP contribution in [0.1, 0.15) is 5.56 Å². The maximum atomic E-state index is 13.0. The molecule has 0 aliphatic carbocycles. The van der Waals surface area contributed by atoms with E-state index in [1.807, 2.05) is 25.1 Å². The van der Waals surface area contributed by atoms with E-state index in [2.05, 4.69) is 0 Å². The number of nitrogen functional groups attached to an aromatic ring is 1. The van der Waals surface area contributed by atoms with Crippen LogP contribution >= 0.6 is 11.6 Å². The van der Waals surface area contributed by atoms with Gasteiger partial charge in [-0.25, -0.2) is 4.39 Å². The molecule has 0 amide bonds. The minimum atomic E-state index is -0.420. The van der Waals surface area contributed by atoms with E-state index in [4.69, 9.17) is 17.3 Å². The van der Waals surface area contributed by atoms with Gasteiger partial charge in [0.15, 0.2) is 0 Å². The molecule has 0 saturated carbocycles. The van der Waals surface area contributed by atoms with E-state index in [0.717, 1.165) is 16.7 Å². The van der Waals surface area contributed by atoms with E-state index < -0.39 is 5.82 Å². The van der Waals surface area contributed by atoms with Gasteiger partial charge in [0.2, 0.25) is 0 Å². The molecule has 2 aromatic carbocycles. The Hall–Kier alpha value is -1.54. The van der Waals surface area contributed by atoms with Crippen molar-refractivity contribution >= 4 is 17.3 Å². The number of hydrogen-bond acceptors (Lipinski definition) is 1. The summed E-state index contributed by atoms with van der Waals surface area (Å²) in [6.45, 7) is 1.98. The van der Waals surface area contributed by atoms with Crippen LogP contribution in [0.5, 0.6) is 0 Å². The van der Waals surface area contributed by atoms with Crippen molar-refractivity contribution < 1.29 is 4.39 Å². The quantitative estimate of drug-likeness (QED) is 0.742. The van der Waals surface area contributed by atoms with Gasteiger partial charge in [-0.2, -0.15) is 0 Å². The summed E-state index contributed by atoms with van der Waals surface area (Å²) in [6, 6.07) is 10.3. The van der Waals surface area contributed by atoms with Gasteiger partial charge in [-0.3, -0.25) is 0 Å². The molecular formula is C13H11ClFN. The number of nitrogens with two attached hydrogens (primary N) is 1. The predicted octanol–water partition coefficient (Wildman–Crippen LogP) is 4.04. The van der Waals surface area contributed by atoms with Gasteiger partial charge >= 0.3 is 0 Å². The molecule has 1 nitrogen and oxygen atoms in total. The van der Waals surface area contributed by atoms with Gasteiger partial charge in [-0.05, 0) is 36.8 Å². The summed E-state index contributed by atoms with van der Waals surface area (Å²) in [5.74, 6) is -0.420. The topological polar surface area (TPSA) is 26.0 Å². The minimum absolute atomic E-state index is 0.110. The van der Waals surface area contributed by atoms with Crippen LogP contribution in [-0.2, 0) is 0 Å². The first-order valence-electron chi connectivity index (χ1n) is 4.89. The lowest BCUT2D eigenvalue weighted by atomic mass is 10.0. The number of benzene rings is 2. The molecule has 0 radical (unpaired) electrons. The standard InChI is InChI=1S/C13H11ClFN/c1-8-2-5-13(16)10(6-8)9-3-4-12(15)11(14)7-9/h2-7H,16H2,1H3. The second-order valence-electron chi connectivity index (χ2n) is 3.72. The van der Waals surface area contributed by atoms with Crippen molar-refractivity contribution in [2.75, 3.05) is 5.73 Å². The van der Waals surface area contributed by atoms with Crippen LogP contribution in [0.15, 0.2) is 36.4 Å². The number of rotatable bonds is 1. The highest BCUT2D eigenvalue weighted by Gasteiger charge is 2.06. The monoisotopic (exact) mass is 235 g/mol. The van der Waals surface area contributed by atoms with Gasteiger partial charge in [-0.1, -0.05) is 29.3 Å². The SMILES string of the molecule is Cc1ccc(N)c(-c2ccc(F)c(Cl)c2)c1. The van der Waals surface area contributed by atoms with Crippen molar-refractivity contribution in [2.24, 2.45) is 0 Å². The minimum Gasteiger partial charge on any atom is -0.398 e. The Bertz CT molecular complexity index is 537. The first kappa shape index (κ1) is 11.0. The van der Waals surface area contributed by atoms with Gasteiger partial charge in [-0.15, -0.1) is 0 Å². The van der Waals surface area contributed by atoms with Crippen LogP contribution in [0.4, 0.5) is 10.1 Å². The fourth-order valence-electron chi connectivity index (χ4n) is 1.58. The zero-order valence-corrected chi connectivity index (χ0v) is 9.55. The van der Waals surface area contributed by atoms with E-state index >= 15 is 0 Å². The normalized spacial score (nSPS) is 10.4. The Morgan fingerprint density at radius 1 is 1.12 bits per heavy atom. The molecule has 16 heavy (non-hydrogen) atoms. The molecule has 2 N–H and O–H groups in total. The van der Waals surface area contributed by atoms with Crippen molar-refractivity contribution in [1.29, 1.82) is 0 Å². The van der Waals surface area contributed by atoms with Gasteiger partial charge < -0.3 is 5.73 Å². The lowest BCUT2D eigenvalue weighted by Gasteiger charge is -2.07. The molecule has 82 valence electrons. The van der Waals surface area contributed by atoms with Crippen molar-refractivity contribution in [3.8, 4) is 11.1 Å². The zero-order chi connectivity index (χ0) is 11.7. The molecule has 0 bridgehead atoms. The van der Waals surface area contributed by atoms with E-state index in [1.54, 1.807) is 12.1 Å². The molecule has 0 fully saturated rings. The van der Waals surface area contributed by atoms with E-state index in [0.29, 0.717) is 5.69 Å². The molecule has 0 aliphatic heterocycles. The molecule has 0 aromatic heterocycles. The summed E-state index contributed by atoms with van der Waals surface area (Å²) in [5, 5.41) is 0.110. The van der Waals surface area contributed by atoms with E-state index in [1.165, 1.54) is 6.07 Å². The van der Waals surface area contributed by atoms with Crippen molar-refractivity contribution in [2.45, 2.75) is 6.92 Å². The molecule has 0 atom stereocenters. The van der Waals surface area contributed by atoms with Gasteiger partial charge in [0.25, 0.3) is 0 Å². The smallest absolute Gasteiger partial charge is 0.141 e. The summed E-state index contributed by atoms with van der Waals surface area (Å²) < 4.78 is 13.0. The van der Waals surface area contributed by atoms with Crippen LogP contribution in [0.3, 0.4) is 0 Å². The van der Waals surface area contributed by atoms with Crippen molar-refractivity contribution in [3.05, 3.63) is 52.8 Å². The molecule has 0 unspecified atom stereocenters. The fourth-order valence-corrected chi connectivity index (χ4v) is 1.76. The molecular weight excluding hydrogens is 225 g/mol. The lowest BCUT2D eigenvalue weighted by molar-refractivity contribution is 0.628. The summed E-state index contributed by atoms with van der Waals surface area (Å²) >= 11 is 5.74. The fraction of sp³-hybridized carbons (Fsp3) is 0.0769. The van der Waals surface area contributed by atoms with Crippen molar-refractivity contribution in [1.82, 2.24) is 0 Å². The Labute approximate surface area is 98.7 Å². The van der Waals surface area contributed by atoms with E-state index in [9.17, 15) is 4.39 Å². The zero-order valence-electron chi connectivity index (χ0n) is 8.80. The summed E-state index contributed by atoms with van der Waals surface area (Å²) in [7, 11) is 0. The predicted molar refractivity (Wildman–Crippen MR) is 66.0 cm³/mol. The average Bonchev–Trinajstić information content (AvgIpc) is 2.26. The second-order valence-corrected chi connectivity index (χ2v) is 4.13. The highest BCUT2D eigenvalue weighted by atomic mass is 35.5. The third-order valence-corrected chi connectivity index (χ3v) is 2.73. The first-order chi connectivity index (χ1) is 7.58. The van der Waals surface area contributed by atoms with Gasteiger partial charge in [0, 0.05) is 11.3 Å². The van der Waals surface area contributed by atoms with Gasteiger partial charge in [0.05, 0.1) is 5.02 Å². The Morgan fingerprint density at radius 3 is 2.56 bits per heavy atom. The summed E-state index contributed by atoms with van der Waals surface area (Å²) in [6.07, 6.45) is 0. The Kier molecular flexibility index (Phi) is 2.84. The molecule has 0 aliphatic rings. The number of halogens is 2. The maximum absolute atomic E-state index is 13.0. The average molecular weight is 236 g/mol. The summed E-state index contributed by atoms with van der Waals surface area (Å²) in [5.41, 5.74) is 9.34. The first-order valence-corrected chi connectivity index (χ1v) is 5.27. The number of aryl methyl sites for hydroxylation is 1. The summed E-state index contributed by atoms with van der Waals surface area (Å²) in [4.78, 5) is 0. The Balaban J connectivity index is 2.58. The van der Waals surface area contributed by atoms with E-state index in [-0.39, 0.29) is 5.02 Å². The lowest BCUT2D eigenvalue weighted by Crippen LogP contribution is -1.91. The van der Waals surface area contributed by atoms with Gasteiger partial charge in [0.1, 0.15) is 5.82 Å². The van der Waals surface area contributed by atoms with Crippen molar-refractivity contribution in [3.63, 3.8) is 0 Å². The molecule has 0 saturated heterocycles. The molecule has 2 rings (SSSR count). The number of hydrogen-bond donors (Lipinski definition) is 1. The third kappa shape index (κ3) is 2.02. The Morgan fingerprint density at radius 2 is 1.88 bits per heavy atom. The van der Waals surface area contributed by atoms with Crippen LogP contribution in [0, 0.1) is 12.7 Å². The maximum Gasteiger partial charge on any atom is 0.141 e. The van der Waals surface area contributed by atoms with Crippen LogP contribution in [0.25, 0.3) is 11.1 Å². The van der Waals surface area contributed by atoms with Crippen LogP contribution < -0.4 is 5.73 Å². The largest absolute Gasteiger partial charge is 0.398 e. The molecule has 3 heteroatoms. The second kappa shape index (κ2) is 4.14. The van der Waals surface area contributed by atoms with Crippen LogP contribution in [-0.4, -0.2) is 0 Å². The third-order valence-electron chi connectivity index (χ3n) is 2.44.